The molecule has 1 aliphatic rings. The minimum absolute atomic E-state index is 0.157. The van der Waals surface area contributed by atoms with E-state index in [-0.39, 0.29) is 5.91 Å². The van der Waals surface area contributed by atoms with Crippen LogP contribution in [0.5, 0.6) is 5.75 Å². The standard InChI is InChI=1S/C11H14N2O2/c1-4-7-5-6-8-9(12-7)13-10(14)11(2,3)15-8/h5-6H,4H2,1-3H3,(H,12,13,14). The van der Waals surface area contributed by atoms with Gasteiger partial charge in [0.1, 0.15) is 0 Å². The maximum absolute atomic E-state index is 11.6. The van der Waals surface area contributed by atoms with Crippen LogP contribution in [-0.4, -0.2) is 16.5 Å². The van der Waals surface area contributed by atoms with Crippen LogP contribution < -0.4 is 10.1 Å². The van der Waals surface area contributed by atoms with E-state index in [0.717, 1.165) is 12.1 Å². The zero-order valence-electron chi connectivity index (χ0n) is 9.13. The van der Waals surface area contributed by atoms with Crippen molar-refractivity contribution in [2.24, 2.45) is 0 Å². The fraction of sp³-hybridized carbons (Fsp3) is 0.455. The van der Waals surface area contributed by atoms with E-state index in [1.54, 1.807) is 13.8 Å². The first-order valence-electron chi connectivity index (χ1n) is 5.03. The van der Waals surface area contributed by atoms with E-state index in [1.165, 1.54) is 0 Å². The van der Waals surface area contributed by atoms with Gasteiger partial charge >= 0.3 is 0 Å². The Labute approximate surface area is 88.7 Å². The molecule has 1 aromatic rings. The number of nitrogens with zero attached hydrogens (tertiary/aromatic N) is 1. The van der Waals surface area contributed by atoms with E-state index in [1.807, 2.05) is 19.1 Å². The number of carbonyl (C=O) groups is 1. The first kappa shape index (κ1) is 9.96. The van der Waals surface area contributed by atoms with E-state index in [2.05, 4.69) is 10.3 Å². The lowest BCUT2D eigenvalue weighted by atomic mass is 10.1. The topological polar surface area (TPSA) is 51.2 Å². The number of amides is 1. The Kier molecular flexibility index (Phi) is 2.14. The number of hydrogen-bond acceptors (Lipinski definition) is 3. The number of hydrogen-bond donors (Lipinski definition) is 1. The molecular weight excluding hydrogens is 192 g/mol. The van der Waals surface area contributed by atoms with Crippen LogP contribution >= 0.6 is 0 Å². The highest BCUT2D eigenvalue weighted by Crippen LogP contribution is 2.31. The lowest BCUT2D eigenvalue weighted by Gasteiger charge is -2.30. The summed E-state index contributed by atoms with van der Waals surface area (Å²) in [7, 11) is 0. The van der Waals surface area contributed by atoms with Crippen LogP contribution in [0.25, 0.3) is 0 Å². The molecule has 1 aliphatic heterocycles. The van der Waals surface area contributed by atoms with E-state index in [4.69, 9.17) is 4.74 Å². The molecule has 0 saturated carbocycles. The van der Waals surface area contributed by atoms with Gasteiger partial charge in [0.2, 0.25) is 0 Å². The molecule has 0 aromatic carbocycles. The summed E-state index contributed by atoms with van der Waals surface area (Å²) in [5, 5.41) is 2.75. The number of fused-ring (bicyclic) bond motifs is 1. The summed E-state index contributed by atoms with van der Waals surface area (Å²) >= 11 is 0. The number of aromatic nitrogens is 1. The maximum Gasteiger partial charge on any atom is 0.269 e. The molecular formula is C11H14N2O2. The van der Waals surface area contributed by atoms with Crippen LogP contribution in [0.15, 0.2) is 12.1 Å². The van der Waals surface area contributed by atoms with Gasteiger partial charge in [0, 0.05) is 5.69 Å². The minimum atomic E-state index is -0.817. The summed E-state index contributed by atoms with van der Waals surface area (Å²) < 4.78 is 5.56. The number of rotatable bonds is 1. The first-order valence-corrected chi connectivity index (χ1v) is 5.03. The highest BCUT2D eigenvalue weighted by molar-refractivity contribution is 5.99. The van der Waals surface area contributed by atoms with Gasteiger partial charge in [0.15, 0.2) is 17.2 Å². The molecule has 0 fully saturated rings. The van der Waals surface area contributed by atoms with Gasteiger partial charge in [0.25, 0.3) is 5.91 Å². The second-order valence-corrected chi connectivity index (χ2v) is 4.07. The number of anilines is 1. The summed E-state index contributed by atoms with van der Waals surface area (Å²) in [5.74, 6) is 1.01. The second-order valence-electron chi connectivity index (χ2n) is 4.07. The van der Waals surface area contributed by atoms with Crippen molar-refractivity contribution in [2.75, 3.05) is 5.32 Å². The predicted octanol–water partition coefficient (Wildman–Crippen LogP) is 1.75. The number of aryl methyl sites for hydroxylation is 1. The number of ether oxygens (including phenoxy) is 1. The van der Waals surface area contributed by atoms with Crippen LogP contribution in [0.3, 0.4) is 0 Å². The van der Waals surface area contributed by atoms with Crippen LogP contribution in [0.4, 0.5) is 5.82 Å². The summed E-state index contributed by atoms with van der Waals surface area (Å²) in [6, 6.07) is 3.76. The minimum Gasteiger partial charge on any atom is -0.474 e. The third-order valence-corrected chi connectivity index (χ3v) is 2.42. The van der Waals surface area contributed by atoms with Crippen molar-refractivity contribution in [1.29, 1.82) is 0 Å². The highest BCUT2D eigenvalue weighted by atomic mass is 16.5. The molecule has 0 bridgehead atoms. The lowest BCUT2D eigenvalue weighted by Crippen LogP contribution is -2.46. The first-order chi connectivity index (χ1) is 7.03. The van der Waals surface area contributed by atoms with Gasteiger partial charge in [-0.25, -0.2) is 4.98 Å². The molecule has 2 rings (SSSR count). The van der Waals surface area contributed by atoms with Crippen molar-refractivity contribution in [3.63, 3.8) is 0 Å². The predicted molar refractivity (Wildman–Crippen MR) is 57.0 cm³/mol. The van der Waals surface area contributed by atoms with Crippen molar-refractivity contribution < 1.29 is 9.53 Å². The van der Waals surface area contributed by atoms with Crippen molar-refractivity contribution in [2.45, 2.75) is 32.8 Å². The Morgan fingerprint density at radius 3 is 2.87 bits per heavy atom. The second kappa shape index (κ2) is 3.22. The van der Waals surface area contributed by atoms with Crippen LogP contribution in [0.1, 0.15) is 26.5 Å². The normalized spacial score (nSPS) is 17.7. The van der Waals surface area contributed by atoms with E-state index >= 15 is 0 Å². The van der Waals surface area contributed by atoms with E-state index < -0.39 is 5.60 Å². The quantitative estimate of drug-likeness (QED) is 0.761. The Hall–Kier alpha value is -1.58. The van der Waals surface area contributed by atoms with Crippen LogP contribution in [-0.2, 0) is 11.2 Å². The van der Waals surface area contributed by atoms with E-state index in [0.29, 0.717) is 11.6 Å². The van der Waals surface area contributed by atoms with E-state index in [9.17, 15) is 4.79 Å². The molecule has 0 spiro atoms. The monoisotopic (exact) mass is 206 g/mol. The number of carbonyl (C=O) groups excluding carboxylic acids is 1. The molecule has 1 aromatic heterocycles. The number of nitrogens with one attached hydrogen (secondary N) is 1. The molecule has 1 amide bonds. The average Bonchev–Trinajstić information content (AvgIpc) is 2.19. The van der Waals surface area contributed by atoms with Gasteiger partial charge in [-0.15, -0.1) is 0 Å². The van der Waals surface area contributed by atoms with Crippen molar-refractivity contribution in [1.82, 2.24) is 4.98 Å². The van der Waals surface area contributed by atoms with Crippen molar-refractivity contribution >= 4 is 11.7 Å². The lowest BCUT2D eigenvalue weighted by molar-refractivity contribution is -0.129. The van der Waals surface area contributed by atoms with Gasteiger partial charge in [-0.2, -0.15) is 0 Å². The SMILES string of the molecule is CCc1ccc2c(n1)NC(=O)C(C)(C)O2. The van der Waals surface area contributed by atoms with Gasteiger partial charge in [-0.1, -0.05) is 6.92 Å². The molecule has 0 radical (unpaired) electrons. The Morgan fingerprint density at radius 1 is 1.47 bits per heavy atom. The van der Waals surface area contributed by atoms with Gasteiger partial charge in [0.05, 0.1) is 0 Å². The molecule has 0 unspecified atom stereocenters. The molecule has 0 aliphatic carbocycles. The van der Waals surface area contributed by atoms with Gasteiger partial charge in [-0.05, 0) is 32.4 Å². The molecule has 0 saturated heterocycles. The summed E-state index contributed by atoms with van der Waals surface area (Å²) in [5.41, 5.74) is 0.125. The summed E-state index contributed by atoms with van der Waals surface area (Å²) in [6.07, 6.45) is 0.840. The Morgan fingerprint density at radius 2 is 2.20 bits per heavy atom. The van der Waals surface area contributed by atoms with Crippen molar-refractivity contribution in [3.05, 3.63) is 17.8 Å². The fourth-order valence-electron chi connectivity index (χ4n) is 1.43. The average molecular weight is 206 g/mol. The molecule has 4 nitrogen and oxygen atoms in total. The smallest absolute Gasteiger partial charge is 0.269 e. The maximum atomic E-state index is 11.6. The number of pyridine rings is 1. The highest BCUT2D eigenvalue weighted by Gasteiger charge is 2.35. The summed E-state index contributed by atoms with van der Waals surface area (Å²) in [4.78, 5) is 15.9. The molecule has 1 N–H and O–H groups in total. The molecule has 0 atom stereocenters. The molecule has 2 heterocycles. The Bertz CT molecular complexity index is 413. The third-order valence-electron chi connectivity index (χ3n) is 2.42. The fourth-order valence-corrected chi connectivity index (χ4v) is 1.43. The summed E-state index contributed by atoms with van der Waals surface area (Å²) in [6.45, 7) is 5.49. The van der Waals surface area contributed by atoms with Gasteiger partial charge in [-0.3, -0.25) is 4.79 Å². The molecule has 4 heteroatoms. The molecule has 80 valence electrons. The largest absolute Gasteiger partial charge is 0.474 e. The Balaban J connectivity index is 2.41. The van der Waals surface area contributed by atoms with Gasteiger partial charge < -0.3 is 10.1 Å². The zero-order valence-corrected chi connectivity index (χ0v) is 9.13. The molecule has 15 heavy (non-hydrogen) atoms. The third kappa shape index (κ3) is 1.67. The van der Waals surface area contributed by atoms with Crippen molar-refractivity contribution in [3.8, 4) is 5.75 Å². The van der Waals surface area contributed by atoms with Crippen LogP contribution in [0.2, 0.25) is 0 Å². The zero-order chi connectivity index (χ0) is 11.1. The van der Waals surface area contributed by atoms with Crippen LogP contribution in [0, 0.1) is 0 Å².